The highest BCUT2D eigenvalue weighted by atomic mass is 15.2. The molecule has 1 aliphatic heterocycles. The second kappa shape index (κ2) is 5.20. The Kier molecular flexibility index (Phi) is 3.40. The largest absolute Gasteiger partial charge is 0.375 e. The van der Waals surface area contributed by atoms with Gasteiger partial charge in [-0.25, -0.2) is 0 Å². The summed E-state index contributed by atoms with van der Waals surface area (Å²) in [5, 5.41) is 4.17. The molecule has 1 unspecified atom stereocenters. The van der Waals surface area contributed by atoms with Crippen molar-refractivity contribution < 1.29 is 0 Å². The Morgan fingerprint density at radius 3 is 2.90 bits per heavy atom. The van der Waals surface area contributed by atoms with Gasteiger partial charge in [-0.15, -0.1) is 0 Å². The van der Waals surface area contributed by atoms with Gasteiger partial charge in [0, 0.05) is 38.1 Å². The van der Waals surface area contributed by atoms with Crippen molar-refractivity contribution in [2.24, 2.45) is 13.0 Å². The highest BCUT2D eigenvalue weighted by Gasteiger charge is 2.24. The third-order valence-electron chi connectivity index (χ3n) is 4.04. The molecule has 20 heavy (non-hydrogen) atoms. The molecule has 1 aromatic rings. The summed E-state index contributed by atoms with van der Waals surface area (Å²) >= 11 is 0. The normalized spacial score (nSPS) is 22.1. The number of nitrogens with zero attached hydrogens (tertiary/aromatic N) is 3. The molecule has 1 aliphatic carbocycles. The third kappa shape index (κ3) is 2.51. The number of aryl methyl sites for hydroxylation is 1. The van der Waals surface area contributed by atoms with Crippen LogP contribution in [0.5, 0.6) is 0 Å². The number of likely N-dealkylation sites (N-methyl/N-ethyl adjacent to an activating group) is 1. The Labute approximate surface area is 121 Å². The summed E-state index contributed by atoms with van der Waals surface area (Å²) in [4.78, 5) is 2.38. The number of aromatic nitrogens is 2. The third-order valence-corrected chi connectivity index (χ3v) is 4.04. The first kappa shape index (κ1) is 13.1. The molecule has 3 rings (SSSR count). The van der Waals surface area contributed by atoms with Crippen molar-refractivity contribution in [1.82, 2.24) is 14.7 Å². The van der Waals surface area contributed by atoms with E-state index in [1.807, 2.05) is 19.4 Å². The lowest BCUT2D eigenvalue weighted by Gasteiger charge is -2.34. The smallest absolute Gasteiger partial charge is 0.0646 e. The fourth-order valence-electron chi connectivity index (χ4n) is 3.04. The second-order valence-corrected chi connectivity index (χ2v) is 5.87. The van der Waals surface area contributed by atoms with E-state index in [0.29, 0.717) is 5.92 Å². The number of allylic oxidation sites excluding steroid dienone is 3. The van der Waals surface area contributed by atoms with Gasteiger partial charge in [-0.1, -0.05) is 24.8 Å². The Morgan fingerprint density at radius 2 is 2.15 bits per heavy atom. The molecule has 0 aromatic carbocycles. The molecule has 2 heterocycles. The molecule has 0 N–H and O–H groups in total. The minimum Gasteiger partial charge on any atom is -0.375 e. The van der Waals surface area contributed by atoms with E-state index in [9.17, 15) is 0 Å². The molecule has 104 valence electrons. The zero-order valence-corrected chi connectivity index (χ0v) is 12.5. The lowest BCUT2D eigenvalue weighted by molar-refractivity contribution is 0.373. The van der Waals surface area contributed by atoms with Gasteiger partial charge in [0.15, 0.2) is 0 Å². The van der Waals surface area contributed by atoms with E-state index in [0.717, 1.165) is 18.5 Å². The van der Waals surface area contributed by atoms with Gasteiger partial charge in [-0.2, -0.15) is 5.10 Å². The first-order valence-electron chi connectivity index (χ1n) is 7.29. The minimum atomic E-state index is 0.576. The average Bonchev–Trinajstić information content (AvgIpc) is 2.83. The van der Waals surface area contributed by atoms with Crippen LogP contribution in [0.15, 0.2) is 35.3 Å². The van der Waals surface area contributed by atoms with E-state index >= 15 is 0 Å². The SMILES string of the molecule is CC1C=C2C(=C(C#Cc3cnn(C)c3)C1)CCCN2C. The summed E-state index contributed by atoms with van der Waals surface area (Å²) in [7, 11) is 4.11. The average molecular weight is 267 g/mol. The molecular formula is C17H21N3. The van der Waals surface area contributed by atoms with Gasteiger partial charge >= 0.3 is 0 Å². The Bertz CT molecular complexity index is 637. The van der Waals surface area contributed by atoms with Crippen molar-refractivity contribution in [2.45, 2.75) is 26.2 Å². The highest BCUT2D eigenvalue weighted by molar-refractivity contribution is 5.49. The summed E-state index contributed by atoms with van der Waals surface area (Å²) in [6.07, 6.45) is 9.67. The lowest BCUT2D eigenvalue weighted by atomic mass is 9.84. The number of rotatable bonds is 0. The molecule has 0 radical (unpaired) electrons. The van der Waals surface area contributed by atoms with E-state index in [1.165, 1.54) is 29.7 Å². The number of piperidine rings is 1. The van der Waals surface area contributed by atoms with Gasteiger partial charge in [0.1, 0.15) is 0 Å². The van der Waals surface area contributed by atoms with Crippen molar-refractivity contribution in [3.05, 3.63) is 40.9 Å². The molecule has 3 heteroatoms. The lowest BCUT2D eigenvalue weighted by Crippen LogP contribution is -2.28. The van der Waals surface area contributed by atoms with Gasteiger partial charge in [0.05, 0.1) is 11.8 Å². The number of likely N-dealkylation sites (tertiary alicyclic amines) is 1. The number of hydrogen-bond donors (Lipinski definition) is 0. The van der Waals surface area contributed by atoms with E-state index in [1.54, 1.807) is 4.68 Å². The van der Waals surface area contributed by atoms with E-state index in [2.05, 4.69) is 41.9 Å². The molecule has 2 aliphatic rings. The molecule has 0 amide bonds. The maximum Gasteiger partial charge on any atom is 0.0646 e. The predicted octanol–water partition coefficient (Wildman–Crippen LogP) is 2.72. The minimum absolute atomic E-state index is 0.576. The Morgan fingerprint density at radius 1 is 1.30 bits per heavy atom. The first-order valence-corrected chi connectivity index (χ1v) is 7.29. The molecule has 1 fully saturated rings. The summed E-state index contributed by atoms with van der Waals surface area (Å²) in [6, 6.07) is 0. The van der Waals surface area contributed by atoms with Gasteiger partial charge in [-0.3, -0.25) is 4.68 Å². The molecule has 0 spiro atoms. The van der Waals surface area contributed by atoms with Gasteiger partial charge in [0.2, 0.25) is 0 Å². The summed E-state index contributed by atoms with van der Waals surface area (Å²) < 4.78 is 1.80. The van der Waals surface area contributed by atoms with Crippen molar-refractivity contribution in [3.63, 3.8) is 0 Å². The maximum atomic E-state index is 4.17. The predicted molar refractivity (Wildman–Crippen MR) is 80.8 cm³/mol. The van der Waals surface area contributed by atoms with Crippen molar-refractivity contribution in [3.8, 4) is 11.8 Å². The van der Waals surface area contributed by atoms with Crippen LogP contribution in [-0.4, -0.2) is 28.3 Å². The molecule has 0 bridgehead atoms. The molecule has 1 aromatic heterocycles. The van der Waals surface area contributed by atoms with Gasteiger partial charge < -0.3 is 4.90 Å². The fraction of sp³-hybridized carbons (Fsp3) is 0.471. The quantitative estimate of drug-likeness (QED) is 0.674. The second-order valence-electron chi connectivity index (χ2n) is 5.87. The van der Waals surface area contributed by atoms with E-state index in [4.69, 9.17) is 0 Å². The van der Waals surface area contributed by atoms with Gasteiger partial charge in [-0.05, 0) is 30.8 Å². The fourth-order valence-corrected chi connectivity index (χ4v) is 3.04. The maximum absolute atomic E-state index is 4.17. The van der Waals surface area contributed by atoms with Crippen LogP contribution in [0.3, 0.4) is 0 Å². The monoisotopic (exact) mass is 267 g/mol. The number of fused-ring (bicyclic) bond motifs is 1. The van der Waals surface area contributed by atoms with Crippen molar-refractivity contribution in [2.75, 3.05) is 13.6 Å². The number of hydrogen-bond acceptors (Lipinski definition) is 2. The van der Waals surface area contributed by atoms with E-state index in [-0.39, 0.29) is 0 Å². The van der Waals surface area contributed by atoms with Gasteiger partial charge in [0.25, 0.3) is 0 Å². The van der Waals surface area contributed by atoms with Crippen LogP contribution in [0, 0.1) is 17.8 Å². The topological polar surface area (TPSA) is 21.1 Å². The van der Waals surface area contributed by atoms with Crippen LogP contribution in [0.25, 0.3) is 0 Å². The van der Waals surface area contributed by atoms with Crippen LogP contribution in [-0.2, 0) is 7.05 Å². The van der Waals surface area contributed by atoms with Crippen LogP contribution < -0.4 is 0 Å². The Balaban J connectivity index is 1.95. The molecule has 3 nitrogen and oxygen atoms in total. The van der Waals surface area contributed by atoms with Crippen molar-refractivity contribution in [1.29, 1.82) is 0 Å². The zero-order valence-electron chi connectivity index (χ0n) is 12.5. The summed E-state index contributed by atoms with van der Waals surface area (Å²) in [5.74, 6) is 7.25. The molecule has 1 atom stereocenters. The Hall–Kier alpha value is -1.95. The van der Waals surface area contributed by atoms with Crippen LogP contribution >= 0.6 is 0 Å². The van der Waals surface area contributed by atoms with E-state index < -0.39 is 0 Å². The van der Waals surface area contributed by atoms with Crippen LogP contribution in [0.4, 0.5) is 0 Å². The molecule has 0 saturated carbocycles. The highest BCUT2D eigenvalue weighted by Crippen LogP contribution is 2.35. The van der Waals surface area contributed by atoms with Crippen LogP contribution in [0.1, 0.15) is 31.7 Å². The summed E-state index contributed by atoms with van der Waals surface area (Å²) in [5.41, 5.74) is 5.19. The molecular weight excluding hydrogens is 246 g/mol. The summed E-state index contributed by atoms with van der Waals surface area (Å²) in [6.45, 7) is 3.43. The first-order chi connectivity index (χ1) is 9.63. The van der Waals surface area contributed by atoms with Crippen LogP contribution in [0.2, 0.25) is 0 Å². The standard InChI is InChI=1S/C17H21N3/c1-13-9-15(7-6-14-11-18-20(3)12-14)16-5-4-8-19(2)17(16)10-13/h10-13H,4-5,8-9H2,1-3H3. The molecule has 1 saturated heterocycles. The van der Waals surface area contributed by atoms with Crippen molar-refractivity contribution >= 4 is 0 Å². The zero-order chi connectivity index (χ0) is 14.1.